The molecule has 0 bridgehead atoms. The molecule has 0 radical (unpaired) electrons. The molecule has 1 N–H and O–H groups in total. The minimum Gasteiger partial charge on any atom is -0.364 e. The van der Waals surface area contributed by atoms with E-state index >= 15 is 0 Å². The summed E-state index contributed by atoms with van der Waals surface area (Å²) in [6, 6.07) is 6.85. The summed E-state index contributed by atoms with van der Waals surface area (Å²) in [7, 11) is 3.45. The van der Waals surface area contributed by atoms with Crippen LogP contribution < -0.4 is 5.32 Å². The Kier molecular flexibility index (Phi) is 4.05. The Balaban J connectivity index is 2.67. The van der Waals surface area contributed by atoms with Gasteiger partial charge in [0.2, 0.25) is 0 Å². The zero-order valence-electron chi connectivity index (χ0n) is 8.45. The van der Waals surface area contributed by atoms with Gasteiger partial charge in [0, 0.05) is 24.8 Å². The minimum atomic E-state index is -0.294. The second-order valence-electron chi connectivity index (χ2n) is 3.16. The highest BCUT2D eigenvalue weighted by Crippen LogP contribution is 2.13. The molecule has 15 heavy (non-hydrogen) atoms. The summed E-state index contributed by atoms with van der Waals surface area (Å²) in [6.45, 7) is 0. The van der Waals surface area contributed by atoms with Crippen LogP contribution in [0.15, 0.2) is 24.3 Å². The van der Waals surface area contributed by atoms with Gasteiger partial charge in [0.25, 0.3) is 5.91 Å². The number of anilines is 1. The molecule has 0 unspecified atom stereocenters. The van der Waals surface area contributed by atoms with Crippen LogP contribution in [0.3, 0.4) is 0 Å². The maximum atomic E-state index is 11.5. The molecule has 3 nitrogen and oxygen atoms in total. The summed E-state index contributed by atoms with van der Waals surface area (Å²) in [6.07, 6.45) is 0. The van der Waals surface area contributed by atoms with Crippen molar-refractivity contribution in [3.63, 3.8) is 0 Å². The number of amides is 1. The monoisotopic (exact) mass is 242 g/mol. The topological polar surface area (TPSA) is 32.3 Å². The summed E-state index contributed by atoms with van der Waals surface area (Å²) in [5, 5.41) is 3.30. The Morgan fingerprint density at radius 1 is 1.33 bits per heavy atom. The summed E-state index contributed by atoms with van der Waals surface area (Å²) >= 11 is 10.6. The third kappa shape index (κ3) is 3.49. The smallest absolute Gasteiger partial charge is 0.283 e. The Morgan fingerprint density at radius 2 is 1.87 bits per heavy atom. The van der Waals surface area contributed by atoms with E-state index in [9.17, 15) is 4.79 Å². The molecule has 0 aliphatic heterocycles. The first-order valence-corrected chi connectivity index (χ1v) is 5.07. The largest absolute Gasteiger partial charge is 0.364 e. The van der Waals surface area contributed by atoms with Crippen molar-refractivity contribution in [2.24, 2.45) is 0 Å². The van der Waals surface area contributed by atoms with Gasteiger partial charge in [0.1, 0.15) is 0 Å². The number of nitrogens with zero attached hydrogens (tertiary/aromatic N) is 1. The summed E-state index contributed by atoms with van der Waals surface area (Å²) in [5.74, 6) is -0.294. The van der Waals surface area contributed by atoms with Gasteiger partial charge in [-0.05, 0) is 24.3 Å². The Morgan fingerprint density at radius 3 is 2.33 bits per heavy atom. The van der Waals surface area contributed by atoms with Crippen LogP contribution in [0.25, 0.3) is 0 Å². The third-order valence-corrected chi connectivity index (χ3v) is 2.51. The number of halogens is 1. The molecule has 0 aliphatic carbocycles. The second-order valence-corrected chi connectivity index (χ2v) is 3.98. The van der Waals surface area contributed by atoms with Gasteiger partial charge in [0.05, 0.1) is 0 Å². The first-order valence-electron chi connectivity index (χ1n) is 4.29. The summed E-state index contributed by atoms with van der Waals surface area (Å²) in [5.41, 5.74) is 0.675. The molecule has 80 valence electrons. The van der Waals surface area contributed by atoms with Crippen molar-refractivity contribution in [2.75, 3.05) is 19.4 Å². The van der Waals surface area contributed by atoms with E-state index in [0.717, 1.165) is 0 Å². The Labute approximate surface area is 99.0 Å². The van der Waals surface area contributed by atoms with E-state index in [1.54, 1.807) is 43.3 Å². The first kappa shape index (κ1) is 11.9. The number of carbonyl (C=O) groups excluding carboxylic acids is 1. The van der Waals surface area contributed by atoms with E-state index in [4.69, 9.17) is 23.8 Å². The van der Waals surface area contributed by atoms with Crippen LogP contribution in [0.5, 0.6) is 0 Å². The van der Waals surface area contributed by atoms with Gasteiger partial charge in [-0.3, -0.25) is 4.79 Å². The van der Waals surface area contributed by atoms with Gasteiger partial charge in [-0.25, -0.2) is 0 Å². The Bertz CT molecular complexity index is 376. The third-order valence-electron chi connectivity index (χ3n) is 1.70. The molecule has 0 atom stereocenters. The van der Waals surface area contributed by atoms with E-state index in [1.807, 2.05) is 0 Å². The van der Waals surface area contributed by atoms with Crippen LogP contribution in [0, 0.1) is 0 Å². The van der Waals surface area contributed by atoms with Crippen molar-refractivity contribution >= 4 is 40.4 Å². The van der Waals surface area contributed by atoms with Gasteiger partial charge in [-0.2, -0.15) is 0 Å². The second kappa shape index (κ2) is 5.09. The molecule has 0 heterocycles. The van der Waals surface area contributed by atoms with Crippen molar-refractivity contribution in [1.82, 2.24) is 4.90 Å². The van der Waals surface area contributed by atoms with Crippen LogP contribution in [-0.2, 0) is 4.79 Å². The first-order chi connectivity index (χ1) is 7.00. The zero-order valence-corrected chi connectivity index (χ0v) is 10.0. The van der Waals surface area contributed by atoms with Gasteiger partial charge in [-0.15, -0.1) is 0 Å². The molecule has 0 aromatic heterocycles. The summed E-state index contributed by atoms with van der Waals surface area (Å²) in [4.78, 5) is 13.3. The number of nitrogens with one attached hydrogen (secondary N) is 1. The number of rotatable bonds is 1. The summed E-state index contributed by atoms with van der Waals surface area (Å²) < 4.78 is 0. The molecule has 1 amide bonds. The number of benzene rings is 1. The maximum absolute atomic E-state index is 11.5. The predicted molar refractivity (Wildman–Crippen MR) is 66.4 cm³/mol. The fraction of sp³-hybridized carbons (Fsp3) is 0.200. The van der Waals surface area contributed by atoms with E-state index in [-0.39, 0.29) is 10.9 Å². The van der Waals surface area contributed by atoms with Crippen molar-refractivity contribution in [3.05, 3.63) is 29.3 Å². The zero-order chi connectivity index (χ0) is 11.4. The fourth-order valence-corrected chi connectivity index (χ4v) is 1.10. The molecule has 1 rings (SSSR count). The van der Waals surface area contributed by atoms with E-state index < -0.39 is 0 Å². The Hall–Kier alpha value is -1.13. The van der Waals surface area contributed by atoms with Crippen molar-refractivity contribution < 1.29 is 4.79 Å². The highest BCUT2D eigenvalue weighted by molar-refractivity contribution is 7.82. The lowest BCUT2D eigenvalue weighted by Crippen LogP contribution is -2.32. The quantitative estimate of drug-likeness (QED) is 0.766. The number of likely N-dealkylation sites (N-methyl/N-ethyl adjacent to an activating group) is 1. The van der Waals surface area contributed by atoms with Crippen LogP contribution in [0.2, 0.25) is 5.02 Å². The molecule has 5 heteroatoms. The number of hydrogen-bond acceptors (Lipinski definition) is 2. The molecule has 0 saturated heterocycles. The van der Waals surface area contributed by atoms with Crippen molar-refractivity contribution in [1.29, 1.82) is 0 Å². The number of carbonyl (C=O) groups is 1. The van der Waals surface area contributed by atoms with Gasteiger partial charge in [-0.1, -0.05) is 23.8 Å². The SMILES string of the molecule is CN(C)C(=S)C(=O)Nc1ccc(Cl)cc1. The lowest BCUT2D eigenvalue weighted by Gasteiger charge is -2.13. The molecule has 0 spiro atoms. The van der Waals surface area contributed by atoms with Crippen LogP contribution in [-0.4, -0.2) is 29.9 Å². The number of thiocarbonyl (C=S) groups is 1. The highest BCUT2D eigenvalue weighted by Gasteiger charge is 2.10. The average molecular weight is 243 g/mol. The van der Waals surface area contributed by atoms with Gasteiger partial charge in [0.15, 0.2) is 4.99 Å². The minimum absolute atomic E-state index is 0.241. The van der Waals surface area contributed by atoms with E-state index in [2.05, 4.69) is 5.32 Å². The molecule has 0 saturated carbocycles. The molecule has 1 aromatic carbocycles. The molecular formula is C10H11ClN2OS. The molecule has 0 fully saturated rings. The molecule has 1 aromatic rings. The maximum Gasteiger partial charge on any atom is 0.283 e. The predicted octanol–water partition coefficient (Wildman–Crippen LogP) is 2.17. The van der Waals surface area contributed by atoms with Gasteiger partial charge >= 0.3 is 0 Å². The van der Waals surface area contributed by atoms with E-state index in [1.165, 1.54) is 0 Å². The normalized spacial score (nSPS) is 9.53. The highest BCUT2D eigenvalue weighted by atomic mass is 35.5. The van der Waals surface area contributed by atoms with Crippen LogP contribution >= 0.6 is 23.8 Å². The van der Waals surface area contributed by atoms with Crippen molar-refractivity contribution in [2.45, 2.75) is 0 Å². The van der Waals surface area contributed by atoms with Crippen molar-refractivity contribution in [3.8, 4) is 0 Å². The standard InChI is InChI=1S/C10H11ClN2OS/c1-13(2)10(15)9(14)12-8-5-3-7(11)4-6-8/h3-6H,1-2H3,(H,12,14). The van der Waals surface area contributed by atoms with Gasteiger partial charge < -0.3 is 10.2 Å². The lowest BCUT2D eigenvalue weighted by molar-refractivity contribution is -0.110. The van der Waals surface area contributed by atoms with E-state index in [0.29, 0.717) is 10.7 Å². The molecular weight excluding hydrogens is 232 g/mol. The fourth-order valence-electron chi connectivity index (χ4n) is 0.921. The van der Waals surface area contributed by atoms with Crippen LogP contribution in [0.4, 0.5) is 5.69 Å². The van der Waals surface area contributed by atoms with Crippen LogP contribution in [0.1, 0.15) is 0 Å². The number of hydrogen-bond donors (Lipinski definition) is 1. The molecule has 0 aliphatic rings. The lowest BCUT2D eigenvalue weighted by atomic mass is 10.3. The average Bonchev–Trinajstić information content (AvgIpc) is 2.20.